The third-order valence-corrected chi connectivity index (χ3v) is 3.52. The van der Waals surface area contributed by atoms with Gasteiger partial charge >= 0.3 is 0 Å². The van der Waals surface area contributed by atoms with Gasteiger partial charge in [-0.1, -0.05) is 18.2 Å². The molecule has 2 rings (SSSR count). The van der Waals surface area contributed by atoms with Crippen LogP contribution in [0, 0.1) is 6.92 Å². The summed E-state index contributed by atoms with van der Waals surface area (Å²) in [7, 11) is 1.63. The normalized spacial score (nSPS) is 10.8. The molecule has 0 saturated heterocycles. The van der Waals surface area contributed by atoms with Crippen molar-refractivity contribution in [2.45, 2.75) is 6.92 Å². The number of aryl methyl sites for hydroxylation is 1. The van der Waals surface area contributed by atoms with E-state index in [9.17, 15) is 4.79 Å². The maximum Gasteiger partial charge on any atom is 0.195 e. The van der Waals surface area contributed by atoms with E-state index in [1.54, 1.807) is 19.3 Å². The quantitative estimate of drug-likeness (QED) is 0.613. The first-order valence-electron chi connectivity index (χ1n) is 5.62. The van der Waals surface area contributed by atoms with Crippen LogP contribution in [0.2, 0.25) is 0 Å². The zero-order valence-electron chi connectivity index (χ0n) is 10.3. The smallest absolute Gasteiger partial charge is 0.195 e. The van der Waals surface area contributed by atoms with E-state index in [4.69, 9.17) is 4.74 Å². The van der Waals surface area contributed by atoms with Gasteiger partial charge in [-0.25, -0.2) is 0 Å². The summed E-state index contributed by atoms with van der Waals surface area (Å²) >= 11 is 1.51. The lowest BCUT2D eigenvalue weighted by Gasteiger charge is -1.99. The van der Waals surface area contributed by atoms with Crippen molar-refractivity contribution >= 4 is 23.2 Å². The van der Waals surface area contributed by atoms with Crippen LogP contribution in [0.4, 0.5) is 0 Å². The number of hydrogen-bond acceptors (Lipinski definition) is 3. The third kappa shape index (κ3) is 3.08. The highest BCUT2D eigenvalue weighted by molar-refractivity contribution is 7.14. The summed E-state index contributed by atoms with van der Waals surface area (Å²) in [4.78, 5) is 13.8. The highest BCUT2D eigenvalue weighted by atomic mass is 32.1. The molecule has 0 radical (unpaired) electrons. The molecular formula is C15H14O2S. The van der Waals surface area contributed by atoms with E-state index < -0.39 is 0 Å². The second kappa shape index (κ2) is 5.65. The molecule has 1 heterocycles. The van der Waals surface area contributed by atoms with Crippen molar-refractivity contribution in [2.24, 2.45) is 0 Å². The van der Waals surface area contributed by atoms with Crippen LogP contribution in [0.25, 0.3) is 6.08 Å². The Labute approximate surface area is 111 Å². The molecule has 0 fully saturated rings. The van der Waals surface area contributed by atoms with E-state index in [0.29, 0.717) is 0 Å². The van der Waals surface area contributed by atoms with Crippen LogP contribution in [0.5, 0.6) is 5.75 Å². The van der Waals surface area contributed by atoms with Crippen molar-refractivity contribution in [3.05, 3.63) is 57.8 Å². The Kier molecular flexibility index (Phi) is 3.95. The summed E-state index contributed by atoms with van der Waals surface area (Å²) in [5, 5.41) is 0. The van der Waals surface area contributed by atoms with Crippen molar-refractivity contribution < 1.29 is 9.53 Å². The van der Waals surface area contributed by atoms with Crippen LogP contribution in [0.15, 0.2) is 42.5 Å². The van der Waals surface area contributed by atoms with Crippen LogP contribution in [0.1, 0.15) is 20.1 Å². The minimum atomic E-state index is 0.0379. The average molecular weight is 258 g/mol. The summed E-state index contributed by atoms with van der Waals surface area (Å²) < 4.78 is 5.13. The molecule has 0 bridgehead atoms. The molecule has 0 aliphatic rings. The van der Waals surface area contributed by atoms with Gasteiger partial charge in [-0.05, 0) is 42.8 Å². The Morgan fingerprint density at radius 2 is 2.11 bits per heavy atom. The Bertz CT molecular complexity index is 582. The number of carbonyl (C=O) groups is 1. The lowest BCUT2D eigenvalue weighted by Crippen LogP contribution is -1.89. The first-order chi connectivity index (χ1) is 8.69. The minimum absolute atomic E-state index is 0.0379. The molecule has 18 heavy (non-hydrogen) atoms. The topological polar surface area (TPSA) is 26.3 Å². The number of ketones is 1. The number of thiophene rings is 1. The van der Waals surface area contributed by atoms with Gasteiger partial charge in [-0.2, -0.15) is 0 Å². The molecule has 0 atom stereocenters. The SMILES string of the molecule is COc1cccc(/C=C/C(=O)c2ccc(C)s2)c1. The summed E-state index contributed by atoms with van der Waals surface area (Å²) in [6.07, 6.45) is 3.40. The molecule has 1 aromatic carbocycles. The standard InChI is InChI=1S/C15H14O2S/c1-11-6-9-15(18-11)14(16)8-7-12-4-3-5-13(10-12)17-2/h3-10H,1-2H3/b8-7+. The van der Waals surface area contributed by atoms with E-state index in [-0.39, 0.29) is 5.78 Å². The number of methoxy groups -OCH3 is 1. The highest BCUT2D eigenvalue weighted by Crippen LogP contribution is 2.17. The van der Waals surface area contributed by atoms with Gasteiger partial charge in [0.25, 0.3) is 0 Å². The van der Waals surface area contributed by atoms with Crippen LogP contribution in [-0.2, 0) is 0 Å². The zero-order chi connectivity index (χ0) is 13.0. The lowest BCUT2D eigenvalue weighted by molar-refractivity contribution is 0.105. The Balaban J connectivity index is 2.12. The van der Waals surface area contributed by atoms with Gasteiger partial charge in [0.2, 0.25) is 0 Å². The van der Waals surface area contributed by atoms with Crippen LogP contribution < -0.4 is 4.74 Å². The van der Waals surface area contributed by atoms with Crippen molar-refractivity contribution in [1.29, 1.82) is 0 Å². The Morgan fingerprint density at radius 1 is 1.28 bits per heavy atom. The molecule has 0 unspecified atom stereocenters. The maximum absolute atomic E-state index is 11.9. The fraction of sp³-hybridized carbons (Fsp3) is 0.133. The van der Waals surface area contributed by atoms with E-state index in [1.807, 2.05) is 43.3 Å². The predicted octanol–water partition coefficient (Wildman–Crippen LogP) is 3.96. The minimum Gasteiger partial charge on any atom is -0.497 e. The van der Waals surface area contributed by atoms with E-state index in [2.05, 4.69) is 0 Å². The van der Waals surface area contributed by atoms with Gasteiger partial charge in [0, 0.05) is 4.88 Å². The van der Waals surface area contributed by atoms with Crippen LogP contribution in [-0.4, -0.2) is 12.9 Å². The second-order valence-electron chi connectivity index (χ2n) is 3.88. The summed E-state index contributed by atoms with van der Waals surface area (Å²) in [6, 6.07) is 11.4. The lowest BCUT2D eigenvalue weighted by atomic mass is 10.2. The van der Waals surface area contributed by atoms with Gasteiger partial charge in [-0.3, -0.25) is 4.79 Å². The number of carbonyl (C=O) groups excluding carboxylic acids is 1. The number of ether oxygens (including phenoxy) is 1. The predicted molar refractivity (Wildman–Crippen MR) is 75.4 cm³/mol. The van der Waals surface area contributed by atoms with E-state index in [0.717, 1.165) is 21.1 Å². The van der Waals surface area contributed by atoms with Crippen molar-refractivity contribution in [3.8, 4) is 5.75 Å². The molecule has 0 spiro atoms. The summed E-state index contributed by atoms with van der Waals surface area (Å²) in [6.45, 7) is 1.99. The van der Waals surface area contributed by atoms with Gasteiger partial charge in [0.05, 0.1) is 12.0 Å². The number of allylic oxidation sites excluding steroid dienone is 1. The molecular weight excluding hydrogens is 244 g/mol. The Hall–Kier alpha value is -1.87. The molecule has 0 aliphatic carbocycles. The van der Waals surface area contributed by atoms with Gasteiger partial charge < -0.3 is 4.74 Å². The molecule has 2 nitrogen and oxygen atoms in total. The largest absolute Gasteiger partial charge is 0.497 e. The number of rotatable bonds is 4. The van der Waals surface area contributed by atoms with Gasteiger partial charge in [0.1, 0.15) is 5.75 Å². The Morgan fingerprint density at radius 3 is 2.78 bits per heavy atom. The molecule has 92 valence electrons. The molecule has 0 amide bonds. The van der Waals surface area contributed by atoms with E-state index >= 15 is 0 Å². The molecule has 2 aromatic rings. The van der Waals surface area contributed by atoms with Crippen LogP contribution >= 0.6 is 11.3 Å². The van der Waals surface area contributed by atoms with Crippen LogP contribution in [0.3, 0.4) is 0 Å². The van der Waals surface area contributed by atoms with Crippen molar-refractivity contribution in [2.75, 3.05) is 7.11 Å². The fourth-order valence-electron chi connectivity index (χ4n) is 1.57. The second-order valence-corrected chi connectivity index (χ2v) is 5.17. The molecule has 0 saturated carbocycles. The maximum atomic E-state index is 11.9. The van der Waals surface area contributed by atoms with Crippen molar-refractivity contribution in [1.82, 2.24) is 0 Å². The number of benzene rings is 1. The summed E-state index contributed by atoms with van der Waals surface area (Å²) in [5.41, 5.74) is 0.955. The molecule has 3 heteroatoms. The zero-order valence-corrected chi connectivity index (χ0v) is 11.2. The molecule has 0 aliphatic heterocycles. The molecule has 1 aromatic heterocycles. The van der Waals surface area contributed by atoms with Gasteiger partial charge in [-0.15, -0.1) is 11.3 Å². The fourth-order valence-corrected chi connectivity index (χ4v) is 2.35. The third-order valence-electron chi connectivity index (χ3n) is 2.50. The van der Waals surface area contributed by atoms with E-state index in [1.165, 1.54) is 11.3 Å². The van der Waals surface area contributed by atoms with Gasteiger partial charge in [0.15, 0.2) is 5.78 Å². The first-order valence-corrected chi connectivity index (χ1v) is 6.43. The first kappa shape index (κ1) is 12.6. The van der Waals surface area contributed by atoms with Crippen molar-refractivity contribution in [3.63, 3.8) is 0 Å². The number of hydrogen-bond donors (Lipinski definition) is 0. The molecule has 0 N–H and O–H groups in total. The average Bonchev–Trinajstić information content (AvgIpc) is 2.83. The summed E-state index contributed by atoms with van der Waals surface area (Å²) in [5.74, 6) is 0.826. The monoisotopic (exact) mass is 258 g/mol. The highest BCUT2D eigenvalue weighted by Gasteiger charge is 2.03.